The summed E-state index contributed by atoms with van der Waals surface area (Å²) in [6.45, 7) is 9.23. The summed E-state index contributed by atoms with van der Waals surface area (Å²) < 4.78 is 0. The van der Waals surface area contributed by atoms with E-state index in [0.29, 0.717) is 6.54 Å². The second-order valence-corrected chi connectivity index (χ2v) is 8.21. The van der Waals surface area contributed by atoms with Gasteiger partial charge in [-0.3, -0.25) is 4.79 Å². The molecule has 4 rings (SSSR count). The van der Waals surface area contributed by atoms with Gasteiger partial charge in [-0.05, 0) is 74.1 Å². The Morgan fingerprint density at radius 3 is 2.61 bits per heavy atom. The van der Waals surface area contributed by atoms with Crippen LogP contribution in [0.15, 0.2) is 47.3 Å². The summed E-state index contributed by atoms with van der Waals surface area (Å²) in [4.78, 5) is 18.0. The molecule has 2 heterocycles. The van der Waals surface area contributed by atoms with E-state index in [-0.39, 0.29) is 5.56 Å². The smallest absolute Gasteiger partial charge is 0.253 e. The molecule has 0 radical (unpaired) electrons. The number of aromatic nitrogens is 1. The van der Waals surface area contributed by atoms with Gasteiger partial charge in [0.2, 0.25) is 0 Å². The molecule has 0 aliphatic carbocycles. The van der Waals surface area contributed by atoms with Crippen LogP contribution in [0.4, 0.5) is 11.4 Å². The minimum atomic E-state index is -0.0207. The van der Waals surface area contributed by atoms with Gasteiger partial charge in [0.25, 0.3) is 5.56 Å². The van der Waals surface area contributed by atoms with Crippen molar-refractivity contribution in [3.05, 3.63) is 69.5 Å². The molecule has 1 unspecified atom stereocenters. The zero-order chi connectivity index (χ0) is 19.7. The first-order chi connectivity index (χ1) is 13.5. The lowest BCUT2D eigenvalue weighted by molar-refractivity contribution is 0.447. The maximum atomic E-state index is 12.5. The zero-order valence-corrected chi connectivity index (χ0v) is 17.0. The molecule has 4 nitrogen and oxygen atoms in total. The molecule has 1 aromatic heterocycles. The van der Waals surface area contributed by atoms with Gasteiger partial charge in [0.15, 0.2) is 0 Å². The van der Waals surface area contributed by atoms with Crippen molar-refractivity contribution in [2.24, 2.45) is 5.92 Å². The van der Waals surface area contributed by atoms with Crippen molar-refractivity contribution in [2.45, 2.75) is 40.2 Å². The molecule has 28 heavy (non-hydrogen) atoms. The number of fused-ring (bicyclic) bond motifs is 1. The van der Waals surface area contributed by atoms with E-state index in [2.05, 4.69) is 65.4 Å². The molecule has 1 saturated heterocycles. The fourth-order valence-electron chi connectivity index (χ4n) is 4.16. The largest absolute Gasteiger partial charge is 0.381 e. The van der Waals surface area contributed by atoms with Gasteiger partial charge in [-0.15, -0.1) is 0 Å². The third kappa shape index (κ3) is 3.77. The van der Waals surface area contributed by atoms with E-state index < -0.39 is 0 Å². The minimum absolute atomic E-state index is 0.0207. The van der Waals surface area contributed by atoms with Crippen LogP contribution in [0.2, 0.25) is 0 Å². The minimum Gasteiger partial charge on any atom is -0.381 e. The molecule has 0 saturated carbocycles. The normalized spacial score (nSPS) is 17.1. The van der Waals surface area contributed by atoms with Crippen LogP contribution >= 0.6 is 0 Å². The van der Waals surface area contributed by atoms with Crippen molar-refractivity contribution in [2.75, 3.05) is 23.3 Å². The van der Waals surface area contributed by atoms with E-state index in [0.717, 1.165) is 46.7 Å². The number of piperidine rings is 1. The van der Waals surface area contributed by atoms with Crippen LogP contribution in [0.3, 0.4) is 0 Å². The van der Waals surface area contributed by atoms with Crippen LogP contribution in [0, 0.1) is 19.8 Å². The Balaban J connectivity index is 1.49. The molecular formula is C24H29N3O. The first-order valence-electron chi connectivity index (χ1n) is 10.2. The van der Waals surface area contributed by atoms with Gasteiger partial charge in [-0.1, -0.05) is 19.1 Å². The second-order valence-electron chi connectivity index (χ2n) is 8.21. The second kappa shape index (κ2) is 7.70. The number of aryl methyl sites for hydroxylation is 2. The van der Waals surface area contributed by atoms with Crippen LogP contribution in [-0.4, -0.2) is 18.1 Å². The number of hydrogen-bond acceptors (Lipinski definition) is 3. The predicted molar refractivity (Wildman–Crippen MR) is 118 cm³/mol. The Morgan fingerprint density at radius 2 is 1.86 bits per heavy atom. The molecule has 2 aromatic carbocycles. The van der Waals surface area contributed by atoms with Crippen LogP contribution in [0.1, 0.15) is 36.5 Å². The number of hydrogen-bond donors (Lipinski definition) is 2. The number of nitrogens with zero attached hydrogens (tertiary/aromatic N) is 1. The third-order valence-electron chi connectivity index (χ3n) is 5.89. The van der Waals surface area contributed by atoms with Crippen molar-refractivity contribution in [1.82, 2.24) is 4.98 Å². The Morgan fingerprint density at radius 1 is 1.11 bits per heavy atom. The number of anilines is 2. The summed E-state index contributed by atoms with van der Waals surface area (Å²) in [6.07, 6.45) is 2.60. The van der Waals surface area contributed by atoms with Gasteiger partial charge in [-0.25, -0.2) is 0 Å². The molecule has 4 heteroatoms. The van der Waals surface area contributed by atoms with Crippen LogP contribution in [0.5, 0.6) is 0 Å². The quantitative estimate of drug-likeness (QED) is 0.675. The molecule has 1 atom stereocenters. The number of nitrogens with one attached hydrogen (secondary N) is 2. The molecular weight excluding hydrogens is 346 g/mol. The van der Waals surface area contributed by atoms with E-state index in [9.17, 15) is 4.79 Å². The van der Waals surface area contributed by atoms with Crippen molar-refractivity contribution in [3.63, 3.8) is 0 Å². The van der Waals surface area contributed by atoms with Crippen LogP contribution in [-0.2, 0) is 6.54 Å². The summed E-state index contributed by atoms with van der Waals surface area (Å²) >= 11 is 0. The third-order valence-corrected chi connectivity index (χ3v) is 5.89. The highest BCUT2D eigenvalue weighted by Gasteiger charge is 2.16. The lowest BCUT2D eigenvalue weighted by atomic mass is 10.00. The van der Waals surface area contributed by atoms with Crippen LogP contribution in [0.25, 0.3) is 10.9 Å². The van der Waals surface area contributed by atoms with E-state index in [1.807, 2.05) is 13.0 Å². The zero-order valence-electron chi connectivity index (χ0n) is 17.0. The number of rotatable bonds is 4. The van der Waals surface area contributed by atoms with Gasteiger partial charge in [-0.2, -0.15) is 0 Å². The predicted octanol–water partition coefficient (Wildman–Crippen LogP) is 4.99. The maximum absolute atomic E-state index is 12.5. The summed E-state index contributed by atoms with van der Waals surface area (Å²) in [5, 5.41) is 4.52. The Bertz CT molecular complexity index is 1040. The number of H-pyrrole nitrogens is 1. The van der Waals surface area contributed by atoms with Gasteiger partial charge in [0.05, 0.1) is 5.52 Å². The van der Waals surface area contributed by atoms with Gasteiger partial charge >= 0.3 is 0 Å². The average molecular weight is 376 g/mol. The lowest BCUT2D eigenvalue weighted by Gasteiger charge is -2.32. The molecule has 0 spiro atoms. The van der Waals surface area contributed by atoms with E-state index in [1.165, 1.54) is 24.1 Å². The van der Waals surface area contributed by atoms with Gasteiger partial charge in [0.1, 0.15) is 0 Å². The molecule has 2 N–H and O–H groups in total. The average Bonchev–Trinajstić information content (AvgIpc) is 2.70. The highest BCUT2D eigenvalue weighted by Crippen LogP contribution is 2.25. The standard InChI is InChI=1S/C24H29N3O/c1-16-5-4-12-27(15-16)21-10-8-20(9-11-21)25-14-19-13-22-17(2)6-7-18(3)23(22)26-24(19)28/h6-11,13,16,25H,4-5,12,14-15H2,1-3H3,(H,26,28). The number of pyridine rings is 1. The van der Waals surface area contributed by atoms with Crippen molar-refractivity contribution in [3.8, 4) is 0 Å². The van der Waals surface area contributed by atoms with Crippen molar-refractivity contribution < 1.29 is 0 Å². The van der Waals surface area contributed by atoms with Gasteiger partial charge in [0, 0.05) is 42.0 Å². The monoisotopic (exact) mass is 375 g/mol. The first kappa shape index (κ1) is 18.6. The SMILES string of the molecule is Cc1ccc(C)c2[nH]c(=O)c(CNc3ccc(N4CCCC(C)C4)cc3)cc12. The van der Waals surface area contributed by atoms with E-state index in [4.69, 9.17) is 0 Å². The number of benzene rings is 2. The van der Waals surface area contributed by atoms with Crippen LogP contribution < -0.4 is 15.8 Å². The fourth-order valence-corrected chi connectivity index (χ4v) is 4.16. The highest BCUT2D eigenvalue weighted by molar-refractivity contribution is 5.85. The molecule has 1 fully saturated rings. The molecule has 0 bridgehead atoms. The summed E-state index contributed by atoms with van der Waals surface area (Å²) in [6, 6.07) is 14.8. The summed E-state index contributed by atoms with van der Waals surface area (Å²) in [5.41, 5.74) is 6.27. The Kier molecular flexibility index (Phi) is 5.12. The van der Waals surface area contributed by atoms with Gasteiger partial charge < -0.3 is 15.2 Å². The fraction of sp³-hybridized carbons (Fsp3) is 0.375. The first-order valence-corrected chi connectivity index (χ1v) is 10.2. The molecule has 1 aliphatic rings. The Labute approximate surface area is 166 Å². The van der Waals surface area contributed by atoms with E-state index in [1.54, 1.807) is 0 Å². The molecule has 146 valence electrons. The maximum Gasteiger partial charge on any atom is 0.253 e. The van der Waals surface area contributed by atoms with Crippen molar-refractivity contribution >= 4 is 22.3 Å². The lowest BCUT2D eigenvalue weighted by Crippen LogP contribution is -2.34. The summed E-state index contributed by atoms with van der Waals surface area (Å²) in [5.74, 6) is 0.762. The van der Waals surface area contributed by atoms with E-state index >= 15 is 0 Å². The molecule has 1 aliphatic heterocycles. The summed E-state index contributed by atoms with van der Waals surface area (Å²) in [7, 11) is 0. The highest BCUT2D eigenvalue weighted by atomic mass is 16.1. The molecule has 3 aromatic rings. The number of aromatic amines is 1. The van der Waals surface area contributed by atoms with Crippen molar-refractivity contribution in [1.29, 1.82) is 0 Å². The Hall–Kier alpha value is -2.75. The molecule has 0 amide bonds. The topological polar surface area (TPSA) is 48.1 Å².